The van der Waals surface area contributed by atoms with Crippen molar-refractivity contribution in [3.63, 3.8) is 0 Å². The molecule has 12 heavy (non-hydrogen) atoms. The van der Waals surface area contributed by atoms with Gasteiger partial charge in [-0.1, -0.05) is 13.5 Å². The van der Waals surface area contributed by atoms with Crippen molar-refractivity contribution in [2.24, 2.45) is 5.41 Å². The quantitative estimate of drug-likeness (QED) is 0.469. The lowest BCUT2D eigenvalue weighted by atomic mass is 9.84. The molecule has 0 aromatic carbocycles. The second-order valence-electron chi connectivity index (χ2n) is 3.16. The summed E-state index contributed by atoms with van der Waals surface area (Å²) in [5.41, 5.74) is 0.0820. The fourth-order valence-corrected chi connectivity index (χ4v) is 1.06. The van der Waals surface area contributed by atoms with Crippen LogP contribution in [-0.4, -0.2) is 25.8 Å². The Labute approximate surface area is 72.4 Å². The summed E-state index contributed by atoms with van der Waals surface area (Å²) < 4.78 is 10.0. The summed E-state index contributed by atoms with van der Waals surface area (Å²) >= 11 is 0. The van der Waals surface area contributed by atoms with Gasteiger partial charge in [-0.25, -0.2) is 4.79 Å². The van der Waals surface area contributed by atoms with E-state index in [1.165, 1.54) is 6.08 Å². The number of carbonyl (C=O) groups excluding carboxylic acids is 1. The van der Waals surface area contributed by atoms with Crippen molar-refractivity contribution in [1.29, 1.82) is 0 Å². The normalized spacial score (nSPS) is 19.4. The van der Waals surface area contributed by atoms with Crippen molar-refractivity contribution in [3.05, 3.63) is 12.7 Å². The molecule has 0 amide bonds. The molecular formula is C9H14O3. The van der Waals surface area contributed by atoms with Crippen LogP contribution in [0.2, 0.25) is 0 Å². The SMILES string of the molecule is C=CC(=O)OCC1(CC)COC1. The van der Waals surface area contributed by atoms with Gasteiger partial charge in [-0.2, -0.15) is 0 Å². The monoisotopic (exact) mass is 170 g/mol. The highest BCUT2D eigenvalue weighted by Gasteiger charge is 2.37. The third-order valence-electron chi connectivity index (χ3n) is 2.25. The van der Waals surface area contributed by atoms with E-state index >= 15 is 0 Å². The van der Waals surface area contributed by atoms with Crippen molar-refractivity contribution in [2.45, 2.75) is 13.3 Å². The number of esters is 1. The van der Waals surface area contributed by atoms with Gasteiger partial charge in [0.2, 0.25) is 0 Å². The average Bonchev–Trinajstić information content (AvgIpc) is 2.03. The lowest BCUT2D eigenvalue weighted by Crippen LogP contribution is -2.46. The second kappa shape index (κ2) is 3.72. The Morgan fingerprint density at radius 2 is 2.42 bits per heavy atom. The van der Waals surface area contributed by atoms with Gasteiger partial charge in [0.25, 0.3) is 0 Å². The van der Waals surface area contributed by atoms with E-state index in [1.54, 1.807) is 0 Å². The van der Waals surface area contributed by atoms with Gasteiger partial charge in [-0.15, -0.1) is 0 Å². The third kappa shape index (κ3) is 1.85. The van der Waals surface area contributed by atoms with Crippen LogP contribution in [0, 0.1) is 5.41 Å². The molecule has 3 nitrogen and oxygen atoms in total. The number of carbonyl (C=O) groups is 1. The zero-order valence-corrected chi connectivity index (χ0v) is 7.34. The summed E-state index contributed by atoms with van der Waals surface area (Å²) in [5.74, 6) is -0.352. The summed E-state index contributed by atoms with van der Waals surface area (Å²) in [6, 6.07) is 0. The van der Waals surface area contributed by atoms with Crippen LogP contribution in [0.3, 0.4) is 0 Å². The topological polar surface area (TPSA) is 35.5 Å². The van der Waals surface area contributed by atoms with E-state index in [1.807, 2.05) is 0 Å². The highest BCUT2D eigenvalue weighted by Crippen LogP contribution is 2.31. The van der Waals surface area contributed by atoms with E-state index in [-0.39, 0.29) is 11.4 Å². The van der Waals surface area contributed by atoms with E-state index in [4.69, 9.17) is 9.47 Å². The van der Waals surface area contributed by atoms with E-state index in [0.717, 1.165) is 6.42 Å². The van der Waals surface area contributed by atoms with Gasteiger partial charge < -0.3 is 9.47 Å². The highest BCUT2D eigenvalue weighted by molar-refractivity contribution is 5.81. The maximum absolute atomic E-state index is 10.7. The molecule has 0 aromatic heterocycles. The highest BCUT2D eigenvalue weighted by atomic mass is 16.5. The first-order valence-electron chi connectivity index (χ1n) is 4.09. The molecule has 1 rings (SSSR count). The number of ether oxygens (including phenoxy) is 2. The Bertz CT molecular complexity index is 177. The molecule has 0 saturated carbocycles. The van der Waals surface area contributed by atoms with Crippen molar-refractivity contribution in [1.82, 2.24) is 0 Å². The molecule has 0 N–H and O–H groups in total. The Morgan fingerprint density at radius 3 is 2.75 bits per heavy atom. The number of hydrogen-bond donors (Lipinski definition) is 0. The Hall–Kier alpha value is -0.830. The average molecular weight is 170 g/mol. The molecule has 1 saturated heterocycles. The molecule has 0 unspecified atom stereocenters. The summed E-state index contributed by atoms with van der Waals surface area (Å²) in [4.78, 5) is 10.7. The van der Waals surface area contributed by atoms with Gasteiger partial charge in [0.05, 0.1) is 18.6 Å². The maximum atomic E-state index is 10.7. The third-order valence-corrected chi connectivity index (χ3v) is 2.25. The van der Waals surface area contributed by atoms with Crippen LogP contribution >= 0.6 is 0 Å². The molecule has 0 aromatic rings. The first kappa shape index (κ1) is 9.26. The number of rotatable bonds is 4. The van der Waals surface area contributed by atoms with Crippen LogP contribution in [0.15, 0.2) is 12.7 Å². The Morgan fingerprint density at radius 1 is 1.75 bits per heavy atom. The van der Waals surface area contributed by atoms with Gasteiger partial charge in [0, 0.05) is 6.08 Å². The molecule has 1 aliphatic heterocycles. The fraction of sp³-hybridized carbons (Fsp3) is 0.667. The van der Waals surface area contributed by atoms with E-state index in [2.05, 4.69) is 13.5 Å². The van der Waals surface area contributed by atoms with E-state index in [0.29, 0.717) is 19.8 Å². The molecule has 0 atom stereocenters. The zero-order chi connectivity index (χ0) is 9.03. The van der Waals surface area contributed by atoms with Crippen LogP contribution in [-0.2, 0) is 14.3 Å². The maximum Gasteiger partial charge on any atom is 0.330 e. The predicted octanol–water partition coefficient (Wildman–Crippen LogP) is 1.14. The summed E-state index contributed by atoms with van der Waals surface area (Å²) in [7, 11) is 0. The largest absolute Gasteiger partial charge is 0.462 e. The van der Waals surface area contributed by atoms with Crippen LogP contribution in [0.25, 0.3) is 0 Å². The van der Waals surface area contributed by atoms with Crippen LogP contribution in [0.4, 0.5) is 0 Å². The molecule has 1 heterocycles. The van der Waals surface area contributed by atoms with Crippen molar-refractivity contribution in [3.8, 4) is 0 Å². The van der Waals surface area contributed by atoms with Crippen molar-refractivity contribution >= 4 is 5.97 Å². The van der Waals surface area contributed by atoms with Crippen LogP contribution in [0.1, 0.15) is 13.3 Å². The minimum Gasteiger partial charge on any atom is -0.462 e. The molecule has 0 spiro atoms. The first-order chi connectivity index (χ1) is 5.72. The van der Waals surface area contributed by atoms with E-state index < -0.39 is 0 Å². The lowest BCUT2D eigenvalue weighted by molar-refractivity contribution is -0.166. The second-order valence-corrected chi connectivity index (χ2v) is 3.16. The molecule has 68 valence electrons. The van der Waals surface area contributed by atoms with Crippen LogP contribution in [0.5, 0.6) is 0 Å². The van der Waals surface area contributed by atoms with Gasteiger partial charge in [0.15, 0.2) is 0 Å². The molecule has 0 radical (unpaired) electrons. The van der Waals surface area contributed by atoms with Crippen LogP contribution < -0.4 is 0 Å². The molecular weight excluding hydrogens is 156 g/mol. The molecule has 1 fully saturated rings. The molecule has 0 bridgehead atoms. The minimum absolute atomic E-state index is 0.0820. The Kier molecular flexibility index (Phi) is 2.87. The lowest BCUT2D eigenvalue weighted by Gasteiger charge is -2.39. The zero-order valence-electron chi connectivity index (χ0n) is 7.34. The predicted molar refractivity (Wildman–Crippen MR) is 44.7 cm³/mol. The molecule has 3 heteroatoms. The summed E-state index contributed by atoms with van der Waals surface area (Å²) in [6.07, 6.45) is 2.17. The smallest absolute Gasteiger partial charge is 0.330 e. The minimum atomic E-state index is -0.352. The van der Waals surface area contributed by atoms with Gasteiger partial charge in [0.1, 0.15) is 6.61 Å². The number of hydrogen-bond acceptors (Lipinski definition) is 3. The van der Waals surface area contributed by atoms with Gasteiger partial charge in [-0.3, -0.25) is 0 Å². The van der Waals surface area contributed by atoms with Crippen molar-refractivity contribution in [2.75, 3.05) is 19.8 Å². The van der Waals surface area contributed by atoms with E-state index in [9.17, 15) is 4.79 Å². The molecule has 1 aliphatic rings. The summed E-state index contributed by atoms with van der Waals surface area (Å²) in [5, 5.41) is 0. The summed E-state index contributed by atoms with van der Waals surface area (Å²) in [6.45, 7) is 7.26. The van der Waals surface area contributed by atoms with Crippen molar-refractivity contribution < 1.29 is 14.3 Å². The fourth-order valence-electron chi connectivity index (χ4n) is 1.06. The standard InChI is InChI=1S/C9H14O3/c1-3-8(10)12-7-9(4-2)5-11-6-9/h3H,1,4-7H2,2H3. The molecule has 0 aliphatic carbocycles. The van der Waals surface area contributed by atoms with Gasteiger partial charge in [-0.05, 0) is 6.42 Å². The Balaban J connectivity index is 2.29. The first-order valence-corrected chi connectivity index (χ1v) is 4.09. The van der Waals surface area contributed by atoms with Gasteiger partial charge >= 0.3 is 5.97 Å².